The van der Waals surface area contributed by atoms with Crippen LogP contribution in [-0.2, 0) is 11.0 Å². The van der Waals surface area contributed by atoms with Gasteiger partial charge >= 0.3 is 6.18 Å². The third-order valence-corrected chi connectivity index (χ3v) is 5.27. The van der Waals surface area contributed by atoms with E-state index >= 15 is 0 Å². The van der Waals surface area contributed by atoms with E-state index in [2.05, 4.69) is 15.5 Å². The summed E-state index contributed by atoms with van der Waals surface area (Å²) in [6, 6.07) is 10.6. The maximum atomic E-state index is 13.1. The fourth-order valence-corrected chi connectivity index (χ4v) is 3.75. The van der Waals surface area contributed by atoms with Crippen molar-refractivity contribution >= 4 is 11.6 Å². The number of hydrogen-bond acceptors (Lipinski definition) is 5. The highest BCUT2D eigenvalue weighted by molar-refractivity contribution is 5.93. The van der Waals surface area contributed by atoms with E-state index in [0.717, 1.165) is 18.9 Å². The Morgan fingerprint density at radius 2 is 1.91 bits per heavy atom. The predicted octanol–water partition coefficient (Wildman–Crippen LogP) is 4.71. The van der Waals surface area contributed by atoms with Gasteiger partial charge in [-0.25, -0.2) is 4.39 Å². The van der Waals surface area contributed by atoms with Crippen molar-refractivity contribution in [3.05, 3.63) is 65.8 Å². The van der Waals surface area contributed by atoms with E-state index in [4.69, 9.17) is 4.52 Å². The van der Waals surface area contributed by atoms with Crippen molar-refractivity contribution in [2.75, 3.05) is 25.0 Å². The monoisotopic (exact) mass is 448 g/mol. The summed E-state index contributed by atoms with van der Waals surface area (Å²) < 4.78 is 57.9. The lowest BCUT2D eigenvalue weighted by Crippen LogP contribution is -2.40. The van der Waals surface area contributed by atoms with E-state index < -0.39 is 17.6 Å². The lowest BCUT2D eigenvalue weighted by atomic mass is 9.98. The summed E-state index contributed by atoms with van der Waals surface area (Å²) in [5.41, 5.74) is -0.528. The number of alkyl halides is 3. The van der Waals surface area contributed by atoms with Crippen molar-refractivity contribution in [1.29, 1.82) is 0 Å². The molecule has 0 saturated carbocycles. The SMILES string of the molecule is O=C(CN1CCCC(c2nc(-c3ccc(F)cc3)no2)C1)Nc1ccccc1C(F)(F)F. The van der Waals surface area contributed by atoms with Crippen LogP contribution in [0.4, 0.5) is 23.2 Å². The molecule has 1 atom stereocenters. The summed E-state index contributed by atoms with van der Waals surface area (Å²) in [5.74, 6) is -0.243. The molecule has 0 spiro atoms. The second kappa shape index (κ2) is 9.07. The van der Waals surface area contributed by atoms with Crippen LogP contribution in [0.5, 0.6) is 0 Å². The van der Waals surface area contributed by atoms with Crippen LogP contribution in [0.1, 0.15) is 30.2 Å². The second-order valence-electron chi connectivity index (χ2n) is 7.63. The van der Waals surface area contributed by atoms with E-state index in [1.165, 1.54) is 30.3 Å². The number of nitrogens with one attached hydrogen (secondary N) is 1. The van der Waals surface area contributed by atoms with Gasteiger partial charge < -0.3 is 9.84 Å². The third kappa shape index (κ3) is 5.13. The van der Waals surface area contributed by atoms with E-state index in [-0.39, 0.29) is 24.0 Å². The Kier molecular flexibility index (Phi) is 6.22. The van der Waals surface area contributed by atoms with Crippen molar-refractivity contribution in [3.8, 4) is 11.4 Å². The van der Waals surface area contributed by atoms with Gasteiger partial charge in [0, 0.05) is 12.1 Å². The van der Waals surface area contributed by atoms with Crippen molar-refractivity contribution < 1.29 is 26.9 Å². The Balaban J connectivity index is 1.39. The average Bonchev–Trinajstić information content (AvgIpc) is 3.24. The molecule has 0 radical (unpaired) electrons. The lowest BCUT2D eigenvalue weighted by molar-refractivity contribution is -0.137. The number of nitrogens with zero attached hydrogens (tertiary/aromatic N) is 3. The average molecular weight is 448 g/mol. The number of hydrogen-bond donors (Lipinski definition) is 1. The first-order valence-electron chi connectivity index (χ1n) is 10.1. The quantitative estimate of drug-likeness (QED) is 0.573. The van der Waals surface area contributed by atoms with E-state index in [0.29, 0.717) is 30.4 Å². The highest BCUT2D eigenvalue weighted by atomic mass is 19.4. The molecule has 6 nitrogen and oxygen atoms in total. The molecule has 1 fully saturated rings. The number of piperidine rings is 1. The Hall–Kier alpha value is -3.27. The summed E-state index contributed by atoms with van der Waals surface area (Å²) in [7, 11) is 0. The van der Waals surface area contributed by atoms with Crippen LogP contribution in [-0.4, -0.2) is 40.6 Å². The standard InChI is InChI=1S/C22H20F4N4O2/c23-16-9-7-14(8-10-16)20-28-21(32-29-20)15-4-3-11-30(12-15)13-19(31)27-18-6-2-1-5-17(18)22(24,25)26/h1-2,5-10,15H,3-4,11-13H2,(H,27,31). The largest absolute Gasteiger partial charge is 0.418 e. The minimum Gasteiger partial charge on any atom is -0.339 e. The molecule has 0 bridgehead atoms. The van der Waals surface area contributed by atoms with Crippen molar-refractivity contribution in [2.24, 2.45) is 0 Å². The molecule has 0 aliphatic carbocycles. The number of likely N-dealkylation sites (tertiary alicyclic amines) is 1. The number of para-hydroxylation sites is 1. The van der Waals surface area contributed by atoms with Crippen molar-refractivity contribution in [2.45, 2.75) is 24.9 Å². The number of aromatic nitrogens is 2. The molecule has 2 aromatic carbocycles. The molecule has 4 rings (SSSR count). The van der Waals surface area contributed by atoms with Gasteiger partial charge in [0.1, 0.15) is 5.82 Å². The molecule has 32 heavy (non-hydrogen) atoms. The van der Waals surface area contributed by atoms with Gasteiger partial charge in [-0.05, 0) is 55.8 Å². The molecule has 1 aliphatic rings. The number of anilines is 1. The smallest absolute Gasteiger partial charge is 0.339 e. The van der Waals surface area contributed by atoms with Gasteiger partial charge in [-0.2, -0.15) is 18.2 Å². The molecule has 3 aromatic rings. The second-order valence-corrected chi connectivity index (χ2v) is 7.63. The number of carbonyl (C=O) groups excluding carboxylic acids is 1. The van der Waals surface area contributed by atoms with Crippen molar-refractivity contribution in [3.63, 3.8) is 0 Å². The number of benzene rings is 2. The zero-order chi connectivity index (χ0) is 22.7. The van der Waals surface area contributed by atoms with Crippen LogP contribution >= 0.6 is 0 Å². The molecule has 1 unspecified atom stereocenters. The summed E-state index contributed by atoms with van der Waals surface area (Å²) in [6.07, 6.45) is -3.01. The zero-order valence-corrected chi connectivity index (χ0v) is 16.9. The summed E-state index contributed by atoms with van der Waals surface area (Å²) in [4.78, 5) is 18.7. The van der Waals surface area contributed by atoms with Gasteiger partial charge in [0.05, 0.1) is 23.7 Å². The number of carbonyl (C=O) groups is 1. The van der Waals surface area contributed by atoms with Crippen LogP contribution < -0.4 is 5.32 Å². The van der Waals surface area contributed by atoms with Gasteiger partial charge in [0.15, 0.2) is 0 Å². The van der Waals surface area contributed by atoms with E-state index in [1.807, 2.05) is 4.90 Å². The Bertz CT molecular complexity index is 1080. The summed E-state index contributed by atoms with van der Waals surface area (Å²) in [5, 5.41) is 6.32. The molecule has 1 aromatic heterocycles. The Labute approximate surface area is 181 Å². The van der Waals surface area contributed by atoms with Gasteiger partial charge in [-0.3, -0.25) is 9.69 Å². The molecular weight excluding hydrogens is 428 g/mol. The number of halogens is 4. The normalized spacial score (nSPS) is 17.3. The Morgan fingerprint density at radius 1 is 1.16 bits per heavy atom. The van der Waals surface area contributed by atoms with Crippen molar-refractivity contribution in [1.82, 2.24) is 15.0 Å². The number of rotatable bonds is 5. The van der Waals surface area contributed by atoms with Crippen LogP contribution in [0, 0.1) is 5.82 Å². The van der Waals surface area contributed by atoms with Gasteiger partial charge in [-0.15, -0.1) is 0 Å². The molecular formula is C22H20F4N4O2. The first-order valence-corrected chi connectivity index (χ1v) is 10.1. The van der Waals surface area contributed by atoms with Gasteiger partial charge in [0.25, 0.3) is 0 Å². The van der Waals surface area contributed by atoms with Crippen LogP contribution in [0.2, 0.25) is 0 Å². The maximum absolute atomic E-state index is 13.1. The summed E-state index contributed by atoms with van der Waals surface area (Å²) in [6.45, 7) is 1.03. The first-order chi connectivity index (χ1) is 15.3. The van der Waals surface area contributed by atoms with Gasteiger partial charge in [0.2, 0.25) is 17.6 Å². The van der Waals surface area contributed by atoms with Gasteiger partial charge in [-0.1, -0.05) is 17.3 Å². The molecule has 2 heterocycles. The lowest BCUT2D eigenvalue weighted by Gasteiger charge is -2.30. The molecule has 168 valence electrons. The molecule has 1 saturated heterocycles. The molecule has 1 N–H and O–H groups in total. The fraction of sp³-hybridized carbons (Fsp3) is 0.318. The summed E-state index contributed by atoms with van der Waals surface area (Å²) >= 11 is 0. The van der Waals surface area contributed by atoms with Crippen LogP contribution in [0.25, 0.3) is 11.4 Å². The molecule has 10 heteroatoms. The van der Waals surface area contributed by atoms with E-state index in [1.54, 1.807) is 12.1 Å². The first kappa shape index (κ1) is 21.9. The highest BCUT2D eigenvalue weighted by Gasteiger charge is 2.34. The topological polar surface area (TPSA) is 71.3 Å². The maximum Gasteiger partial charge on any atom is 0.418 e. The van der Waals surface area contributed by atoms with E-state index in [9.17, 15) is 22.4 Å². The zero-order valence-electron chi connectivity index (χ0n) is 16.9. The Morgan fingerprint density at radius 3 is 2.66 bits per heavy atom. The highest BCUT2D eigenvalue weighted by Crippen LogP contribution is 2.34. The fourth-order valence-electron chi connectivity index (χ4n) is 3.75. The predicted molar refractivity (Wildman–Crippen MR) is 108 cm³/mol. The number of amides is 1. The third-order valence-electron chi connectivity index (χ3n) is 5.27. The molecule has 1 aliphatic heterocycles. The van der Waals surface area contributed by atoms with Crippen LogP contribution in [0.3, 0.4) is 0 Å². The minimum atomic E-state index is -4.56. The van der Waals surface area contributed by atoms with Crippen LogP contribution in [0.15, 0.2) is 53.1 Å². The minimum absolute atomic E-state index is 0.0539. The molecule has 1 amide bonds.